The number of rotatable bonds is 4. The molecule has 1 aliphatic rings. The zero-order chi connectivity index (χ0) is 16.3. The van der Waals surface area contributed by atoms with Gasteiger partial charge in [-0.3, -0.25) is 9.59 Å². The van der Waals surface area contributed by atoms with Crippen molar-refractivity contribution in [2.75, 3.05) is 19.8 Å². The molecule has 1 aromatic carbocycles. The van der Waals surface area contributed by atoms with Crippen LogP contribution in [-0.4, -0.2) is 47.7 Å². The van der Waals surface area contributed by atoms with E-state index in [0.29, 0.717) is 26.1 Å². The molecule has 1 saturated heterocycles. The highest BCUT2D eigenvalue weighted by molar-refractivity contribution is 5.96. The fraction of sp³-hybridized carbons (Fsp3) is 0.467. The van der Waals surface area contributed by atoms with Gasteiger partial charge in [-0.25, -0.2) is 8.78 Å². The predicted octanol–water partition coefficient (Wildman–Crippen LogP) is 1.98. The van der Waals surface area contributed by atoms with Crippen LogP contribution in [0, 0.1) is 18.6 Å². The molecular formula is C15H17F2NO4. The summed E-state index contributed by atoms with van der Waals surface area (Å²) < 4.78 is 32.8. The largest absolute Gasteiger partial charge is 0.480 e. The average molecular weight is 313 g/mol. The third kappa shape index (κ3) is 3.59. The van der Waals surface area contributed by atoms with Gasteiger partial charge in [0.25, 0.3) is 5.91 Å². The van der Waals surface area contributed by atoms with E-state index in [2.05, 4.69) is 0 Å². The first kappa shape index (κ1) is 16.4. The second-order valence-corrected chi connectivity index (χ2v) is 5.25. The Morgan fingerprint density at radius 3 is 2.50 bits per heavy atom. The molecule has 0 saturated carbocycles. The van der Waals surface area contributed by atoms with Crippen molar-refractivity contribution >= 4 is 11.9 Å². The third-order valence-corrected chi connectivity index (χ3v) is 3.68. The van der Waals surface area contributed by atoms with E-state index >= 15 is 0 Å². The van der Waals surface area contributed by atoms with Crippen LogP contribution >= 0.6 is 0 Å². The van der Waals surface area contributed by atoms with Gasteiger partial charge in [0, 0.05) is 19.3 Å². The topological polar surface area (TPSA) is 66.8 Å². The van der Waals surface area contributed by atoms with Gasteiger partial charge in [-0.2, -0.15) is 0 Å². The van der Waals surface area contributed by atoms with Crippen molar-refractivity contribution in [1.82, 2.24) is 4.90 Å². The summed E-state index contributed by atoms with van der Waals surface area (Å²) in [5.74, 6) is -3.57. The summed E-state index contributed by atoms with van der Waals surface area (Å²) in [5, 5.41) is 8.99. The second kappa shape index (κ2) is 6.83. The summed E-state index contributed by atoms with van der Waals surface area (Å²) >= 11 is 0. The summed E-state index contributed by atoms with van der Waals surface area (Å²) in [6.45, 7) is 1.64. The Kier molecular flexibility index (Phi) is 5.07. The van der Waals surface area contributed by atoms with Crippen LogP contribution in [0.2, 0.25) is 0 Å². The van der Waals surface area contributed by atoms with Crippen molar-refractivity contribution in [3.63, 3.8) is 0 Å². The number of nitrogens with zero attached hydrogens (tertiary/aromatic N) is 1. The van der Waals surface area contributed by atoms with Gasteiger partial charge in [0.15, 0.2) is 0 Å². The number of amides is 1. The number of aryl methyl sites for hydroxylation is 1. The minimum Gasteiger partial charge on any atom is -0.480 e. The van der Waals surface area contributed by atoms with Gasteiger partial charge >= 0.3 is 5.97 Å². The molecule has 0 aliphatic carbocycles. The maximum atomic E-state index is 14.0. The van der Waals surface area contributed by atoms with E-state index in [1.165, 1.54) is 6.92 Å². The van der Waals surface area contributed by atoms with Crippen LogP contribution < -0.4 is 0 Å². The minimum absolute atomic E-state index is 0.0879. The molecular weight excluding hydrogens is 296 g/mol. The Labute approximate surface area is 126 Å². The molecule has 22 heavy (non-hydrogen) atoms. The Morgan fingerprint density at radius 2 is 1.91 bits per heavy atom. The fourth-order valence-corrected chi connectivity index (χ4v) is 2.47. The number of carboxylic acid groups (broad SMARTS) is 1. The standard InChI is InChI=1S/C15H17F2NO4/c1-9-6-13(17)11(7-12(9)16)15(21)18(8-14(19)20)10-2-4-22-5-3-10/h6-7,10H,2-5,8H2,1H3,(H,19,20). The average Bonchev–Trinajstić information content (AvgIpc) is 2.48. The molecule has 0 atom stereocenters. The number of halogens is 2. The second-order valence-electron chi connectivity index (χ2n) is 5.25. The Balaban J connectivity index is 2.32. The number of carboxylic acids is 1. The summed E-state index contributed by atoms with van der Waals surface area (Å²) in [5.41, 5.74) is -0.360. The number of ether oxygens (including phenoxy) is 1. The van der Waals surface area contributed by atoms with Gasteiger partial charge in [0.2, 0.25) is 0 Å². The van der Waals surface area contributed by atoms with E-state index in [-0.39, 0.29) is 11.6 Å². The Morgan fingerprint density at radius 1 is 1.27 bits per heavy atom. The van der Waals surface area contributed by atoms with Crippen molar-refractivity contribution in [3.05, 3.63) is 34.9 Å². The smallest absolute Gasteiger partial charge is 0.323 e. The SMILES string of the molecule is Cc1cc(F)c(C(=O)N(CC(=O)O)C2CCOCC2)cc1F. The van der Waals surface area contributed by atoms with Gasteiger partial charge in [-0.1, -0.05) is 0 Å². The fourth-order valence-electron chi connectivity index (χ4n) is 2.47. The summed E-state index contributed by atoms with van der Waals surface area (Å²) in [4.78, 5) is 24.6. The van der Waals surface area contributed by atoms with Gasteiger partial charge in [0.05, 0.1) is 5.56 Å². The molecule has 120 valence electrons. The molecule has 0 spiro atoms. The highest BCUT2D eigenvalue weighted by atomic mass is 19.1. The number of benzene rings is 1. The van der Waals surface area contributed by atoms with E-state index in [0.717, 1.165) is 17.0 Å². The number of aliphatic carboxylic acids is 1. The lowest BCUT2D eigenvalue weighted by molar-refractivity contribution is -0.138. The van der Waals surface area contributed by atoms with Crippen molar-refractivity contribution in [3.8, 4) is 0 Å². The number of carbonyl (C=O) groups is 2. The van der Waals surface area contributed by atoms with Crippen molar-refractivity contribution in [2.45, 2.75) is 25.8 Å². The summed E-state index contributed by atoms with van der Waals surface area (Å²) in [7, 11) is 0. The Hall–Kier alpha value is -2.02. The lowest BCUT2D eigenvalue weighted by Crippen LogP contribution is -2.46. The van der Waals surface area contributed by atoms with Crippen LogP contribution in [0.25, 0.3) is 0 Å². The van der Waals surface area contributed by atoms with E-state index in [1.54, 1.807) is 0 Å². The van der Waals surface area contributed by atoms with E-state index in [4.69, 9.17) is 9.84 Å². The Bertz CT molecular complexity index is 585. The van der Waals surface area contributed by atoms with Gasteiger partial charge in [0.1, 0.15) is 18.2 Å². The molecule has 0 aromatic heterocycles. The maximum Gasteiger partial charge on any atom is 0.323 e. The first-order valence-corrected chi connectivity index (χ1v) is 6.96. The van der Waals surface area contributed by atoms with E-state index < -0.39 is 35.6 Å². The molecule has 1 aliphatic heterocycles. The molecule has 1 aromatic rings. The van der Waals surface area contributed by atoms with Crippen LogP contribution in [0.4, 0.5) is 8.78 Å². The van der Waals surface area contributed by atoms with Gasteiger partial charge < -0.3 is 14.7 Å². The lowest BCUT2D eigenvalue weighted by Gasteiger charge is -2.33. The molecule has 1 N–H and O–H groups in total. The minimum atomic E-state index is -1.20. The molecule has 1 heterocycles. The van der Waals surface area contributed by atoms with Crippen LogP contribution in [0.3, 0.4) is 0 Å². The number of carbonyl (C=O) groups excluding carboxylic acids is 1. The molecule has 0 unspecified atom stereocenters. The lowest BCUT2D eigenvalue weighted by atomic mass is 10.0. The van der Waals surface area contributed by atoms with Crippen molar-refractivity contribution in [2.24, 2.45) is 0 Å². The zero-order valence-electron chi connectivity index (χ0n) is 12.1. The highest BCUT2D eigenvalue weighted by Crippen LogP contribution is 2.21. The molecule has 1 amide bonds. The summed E-state index contributed by atoms with van der Waals surface area (Å²) in [6.07, 6.45) is 0.934. The van der Waals surface area contributed by atoms with Crippen LogP contribution in [-0.2, 0) is 9.53 Å². The number of hydrogen-bond acceptors (Lipinski definition) is 3. The van der Waals surface area contributed by atoms with Crippen LogP contribution in [0.15, 0.2) is 12.1 Å². The normalized spacial score (nSPS) is 15.6. The molecule has 7 heteroatoms. The third-order valence-electron chi connectivity index (χ3n) is 3.68. The molecule has 0 radical (unpaired) electrons. The van der Waals surface area contributed by atoms with Crippen molar-refractivity contribution < 1.29 is 28.2 Å². The van der Waals surface area contributed by atoms with Gasteiger partial charge in [-0.05, 0) is 37.5 Å². The van der Waals surface area contributed by atoms with E-state index in [9.17, 15) is 18.4 Å². The zero-order valence-corrected chi connectivity index (χ0v) is 12.1. The first-order valence-electron chi connectivity index (χ1n) is 6.96. The van der Waals surface area contributed by atoms with Crippen molar-refractivity contribution in [1.29, 1.82) is 0 Å². The maximum absolute atomic E-state index is 14.0. The molecule has 2 rings (SSSR count). The first-order chi connectivity index (χ1) is 10.4. The molecule has 5 nitrogen and oxygen atoms in total. The van der Waals surface area contributed by atoms with Crippen LogP contribution in [0.1, 0.15) is 28.8 Å². The monoisotopic (exact) mass is 313 g/mol. The predicted molar refractivity (Wildman–Crippen MR) is 73.6 cm³/mol. The molecule has 0 bridgehead atoms. The van der Waals surface area contributed by atoms with Gasteiger partial charge in [-0.15, -0.1) is 0 Å². The molecule has 1 fully saturated rings. The highest BCUT2D eigenvalue weighted by Gasteiger charge is 2.30. The number of hydrogen-bond donors (Lipinski definition) is 1. The summed E-state index contributed by atoms with van der Waals surface area (Å²) in [6, 6.07) is 1.40. The van der Waals surface area contributed by atoms with Crippen LogP contribution in [0.5, 0.6) is 0 Å². The van der Waals surface area contributed by atoms with E-state index in [1.807, 2.05) is 0 Å². The quantitative estimate of drug-likeness (QED) is 0.923.